The normalized spacial score (nSPS) is 24.0. The van der Waals surface area contributed by atoms with E-state index in [2.05, 4.69) is 15.9 Å². The first kappa shape index (κ1) is 17.1. The molecule has 22 heavy (non-hydrogen) atoms. The van der Waals surface area contributed by atoms with E-state index in [0.29, 0.717) is 10.1 Å². The standard InChI is InChI=1S/C16H22BrNO4/c1-15(2,3)21-13(19)11-9-7-8-10(12(11)17)18(9)14(20)22-16(4,5)6/h7-10H,1-6H3/t9-,10+/m0/s1. The monoisotopic (exact) mass is 371 g/mol. The van der Waals surface area contributed by atoms with Crippen molar-refractivity contribution < 1.29 is 19.1 Å². The highest BCUT2D eigenvalue weighted by molar-refractivity contribution is 9.11. The Morgan fingerprint density at radius 2 is 1.50 bits per heavy atom. The largest absolute Gasteiger partial charge is 0.457 e. The first-order valence-electron chi connectivity index (χ1n) is 7.23. The Balaban J connectivity index is 2.20. The van der Waals surface area contributed by atoms with Crippen LogP contribution in [-0.4, -0.2) is 40.2 Å². The second-order valence-electron chi connectivity index (χ2n) is 7.43. The van der Waals surface area contributed by atoms with Gasteiger partial charge in [-0.05, 0) is 41.5 Å². The molecule has 2 aliphatic rings. The van der Waals surface area contributed by atoms with Gasteiger partial charge in [0.2, 0.25) is 0 Å². The molecule has 0 N–H and O–H groups in total. The predicted octanol–water partition coefficient (Wildman–Crippen LogP) is 3.53. The summed E-state index contributed by atoms with van der Waals surface area (Å²) in [5.41, 5.74) is -0.703. The number of rotatable bonds is 1. The van der Waals surface area contributed by atoms with Gasteiger partial charge in [-0.2, -0.15) is 0 Å². The Hall–Kier alpha value is -1.30. The molecule has 0 fully saturated rings. The lowest BCUT2D eigenvalue weighted by molar-refractivity contribution is -0.150. The van der Waals surface area contributed by atoms with Crippen molar-refractivity contribution in [1.82, 2.24) is 4.90 Å². The number of hydrogen-bond donors (Lipinski definition) is 0. The molecule has 1 amide bonds. The molecule has 0 aromatic rings. The molecule has 2 atom stereocenters. The lowest BCUT2D eigenvalue weighted by Gasteiger charge is -2.28. The molecule has 0 unspecified atom stereocenters. The first-order chi connectivity index (χ1) is 9.91. The second kappa shape index (κ2) is 5.41. The smallest absolute Gasteiger partial charge is 0.411 e. The lowest BCUT2D eigenvalue weighted by Crippen LogP contribution is -2.42. The van der Waals surface area contributed by atoms with Crippen LogP contribution in [0, 0.1) is 0 Å². The minimum Gasteiger partial charge on any atom is -0.457 e. The van der Waals surface area contributed by atoms with Gasteiger partial charge in [0.15, 0.2) is 0 Å². The van der Waals surface area contributed by atoms with Crippen molar-refractivity contribution in [2.45, 2.75) is 64.8 Å². The minimum atomic E-state index is -0.586. The lowest BCUT2D eigenvalue weighted by atomic mass is 10.1. The number of hydrogen-bond acceptors (Lipinski definition) is 4. The van der Waals surface area contributed by atoms with E-state index >= 15 is 0 Å². The summed E-state index contributed by atoms with van der Waals surface area (Å²) in [6.07, 6.45) is 3.27. The highest BCUT2D eigenvalue weighted by Gasteiger charge is 2.49. The van der Waals surface area contributed by atoms with Gasteiger partial charge in [0.05, 0.1) is 17.7 Å². The first-order valence-corrected chi connectivity index (χ1v) is 8.02. The number of halogens is 1. The van der Waals surface area contributed by atoms with Crippen molar-refractivity contribution in [1.29, 1.82) is 0 Å². The fourth-order valence-electron chi connectivity index (χ4n) is 2.40. The number of esters is 1. The quantitative estimate of drug-likeness (QED) is 0.522. The van der Waals surface area contributed by atoms with Crippen molar-refractivity contribution in [3.8, 4) is 0 Å². The number of fused-ring (bicyclic) bond motifs is 2. The van der Waals surface area contributed by atoms with Gasteiger partial charge in [-0.1, -0.05) is 28.1 Å². The van der Waals surface area contributed by atoms with Crippen molar-refractivity contribution in [3.05, 3.63) is 22.2 Å². The van der Waals surface area contributed by atoms with E-state index in [-0.39, 0.29) is 6.04 Å². The summed E-state index contributed by atoms with van der Waals surface area (Å²) < 4.78 is 11.5. The topological polar surface area (TPSA) is 55.8 Å². The third-order valence-corrected chi connectivity index (χ3v) is 4.01. The molecule has 2 aliphatic heterocycles. The molecule has 0 saturated heterocycles. The van der Waals surface area contributed by atoms with Gasteiger partial charge in [0.25, 0.3) is 0 Å². The van der Waals surface area contributed by atoms with E-state index in [1.807, 2.05) is 53.7 Å². The third kappa shape index (κ3) is 3.37. The maximum absolute atomic E-state index is 12.4. The molecule has 0 aromatic carbocycles. The molecule has 0 saturated carbocycles. The van der Waals surface area contributed by atoms with Crippen LogP contribution in [0.2, 0.25) is 0 Å². The van der Waals surface area contributed by atoms with Gasteiger partial charge in [-0.15, -0.1) is 0 Å². The Kier molecular flexibility index (Phi) is 4.19. The zero-order valence-corrected chi connectivity index (χ0v) is 15.4. The van der Waals surface area contributed by atoms with Gasteiger partial charge >= 0.3 is 12.1 Å². The Bertz CT molecular complexity index is 566. The van der Waals surface area contributed by atoms with E-state index in [1.54, 1.807) is 4.90 Å². The zero-order chi connectivity index (χ0) is 16.9. The third-order valence-electron chi connectivity index (χ3n) is 3.11. The van der Waals surface area contributed by atoms with Gasteiger partial charge < -0.3 is 9.47 Å². The van der Waals surface area contributed by atoms with Crippen molar-refractivity contribution >= 4 is 28.0 Å². The Morgan fingerprint density at radius 3 is 2.00 bits per heavy atom. The average molecular weight is 372 g/mol. The number of ether oxygens (including phenoxy) is 2. The van der Waals surface area contributed by atoms with Crippen LogP contribution < -0.4 is 0 Å². The van der Waals surface area contributed by atoms with E-state index < -0.39 is 29.3 Å². The summed E-state index contributed by atoms with van der Waals surface area (Å²) in [4.78, 5) is 26.3. The van der Waals surface area contributed by atoms with E-state index in [4.69, 9.17) is 9.47 Å². The van der Waals surface area contributed by atoms with E-state index in [9.17, 15) is 9.59 Å². The molecule has 0 spiro atoms. The molecule has 5 nitrogen and oxygen atoms in total. The van der Waals surface area contributed by atoms with Crippen LogP contribution >= 0.6 is 15.9 Å². The fourth-order valence-corrected chi connectivity index (χ4v) is 3.17. The Morgan fingerprint density at radius 1 is 1.00 bits per heavy atom. The van der Waals surface area contributed by atoms with Crippen molar-refractivity contribution in [2.24, 2.45) is 0 Å². The molecule has 2 rings (SSSR count). The summed E-state index contributed by atoms with van der Waals surface area (Å²) in [7, 11) is 0. The molecule has 0 radical (unpaired) electrons. The van der Waals surface area contributed by atoms with Gasteiger partial charge in [0.1, 0.15) is 11.2 Å². The van der Waals surface area contributed by atoms with E-state index in [0.717, 1.165) is 0 Å². The molecule has 0 aliphatic carbocycles. The van der Waals surface area contributed by atoms with E-state index in [1.165, 1.54) is 0 Å². The second-order valence-corrected chi connectivity index (χ2v) is 8.28. The van der Waals surface area contributed by atoms with Crippen LogP contribution in [0.25, 0.3) is 0 Å². The number of amides is 1. The summed E-state index contributed by atoms with van der Waals surface area (Å²) in [6, 6.07) is -0.744. The minimum absolute atomic E-state index is 0.303. The molecule has 6 heteroatoms. The maximum atomic E-state index is 12.4. The van der Waals surface area contributed by atoms with Crippen LogP contribution in [-0.2, 0) is 14.3 Å². The van der Waals surface area contributed by atoms with Gasteiger partial charge in [-0.3, -0.25) is 4.90 Å². The number of nitrogens with zero attached hydrogens (tertiary/aromatic N) is 1. The molecule has 0 aromatic heterocycles. The zero-order valence-electron chi connectivity index (χ0n) is 13.8. The predicted molar refractivity (Wildman–Crippen MR) is 86.6 cm³/mol. The van der Waals surface area contributed by atoms with Crippen molar-refractivity contribution in [3.63, 3.8) is 0 Å². The maximum Gasteiger partial charge on any atom is 0.411 e. The fraction of sp³-hybridized carbons (Fsp3) is 0.625. The summed E-state index contributed by atoms with van der Waals surface area (Å²) >= 11 is 3.44. The van der Waals surface area contributed by atoms with Crippen LogP contribution in [0.3, 0.4) is 0 Å². The Labute approximate surface area is 139 Å². The number of carbonyl (C=O) groups is 2. The SMILES string of the molecule is CC(C)(C)OC(=O)C1=C(Br)[C@H]2C=C[C@@H]1N2C(=O)OC(C)(C)C. The van der Waals surface area contributed by atoms with Crippen molar-refractivity contribution in [2.75, 3.05) is 0 Å². The molecule has 2 heterocycles. The average Bonchev–Trinajstić information content (AvgIpc) is 2.78. The number of carbonyl (C=O) groups excluding carboxylic acids is 2. The van der Waals surface area contributed by atoms with Crippen LogP contribution in [0.1, 0.15) is 41.5 Å². The van der Waals surface area contributed by atoms with Crippen LogP contribution in [0.15, 0.2) is 22.2 Å². The highest BCUT2D eigenvalue weighted by Crippen LogP contribution is 2.42. The van der Waals surface area contributed by atoms with Crippen LogP contribution in [0.5, 0.6) is 0 Å². The molecular formula is C16H22BrNO4. The molecule has 122 valence electrons. The van der Waals surface area contributed by atoms with Crippen LogP contribution in [0.4, 0.5) is 4.79 Å². The summed E-state index contributed by atoms with van der Waals surface area (Å²) in [5.74, 6) is -0.412. The highest BCUT2D eigenvalue weighted by atomic mass is 79.9. The summed E-state index contributed by atoms with van der Waals surface area (Å²) in [6.45, 7) is 10.9. The van der Waals surface area contributed by atoms with Gasteiger partial charge in [-0.25, -0.2) is 9.59 Å². The molecular weight excluding hydrogens is 350 g/mol. The summed E-state index contributed by atoms with van der Waals surface area (Å²) in [5, 5.41) is 0. The van der Waals surface area contributed by atoms with Gasteiger partial charge in [0, 0.05) is 4.48 Å². The molecule has 2 bridgehead atoms.